The molecule has 0 saturated heterocycles. The van der Waals surface area contributed by atoms with Crippen molar-refractivity contribution >= 4 is 5.97 Å². The Morgan fingerprint density at radius 2 is 2.25 bits per heavy atom. The molecular weight excluding hydrogens is 156 g/mol. The van der Waals surface area contributed by atoms with E-state index in [1.54, 1.807) is 19.9 Å². The maximum Gasteiger partial charge on any atom is 0.333 e. The number of aliphatic hydroxyl groups is 1. The Hall–Kier alpha value is -0.830. The summed E-state index contributed by atoms with van der Waals surface area (Å²) in [5.41, 5.74) is 0.596. The van der Waals surface area contributed by atoms with Gasteiger partial charge in [0, 0.05) is 5.57 Å². The van der Waals surface area contributed by atoms with E-state index in [1.165, 1.54) is 7.11 Å². The second-order valence-corrected chi connectivity index (χ2v) is 2.81. The van der Waals surface area contributed by atoms with Crippen LogP contribution in [-0.4, -0.2) is 24.3 Å². The van der Waals surface area contributed by atoms with Crippen molar-refractivity contribution in [3.8, 4) is 0 Å². The van der Waals surface area contributed by atoms with Gasteiger partial charge in [0.1, 0.15) is 0 Å². The van der Waals surface area contributed by atoms with E-state index in [2.05, 4.69) is 4.74 Å². The molecular formula is C9H16O3. The van der Waals surface area contributed by atoms with Crippen molar-refractivity contribution in [2.45, 2.75) is 32.8 Å². The van der Waals surface area contributed by atoms with Gasteiger partial charge in [-0.25, -0.2) is 4.79 Å². The number of allylic oxidation sites excluding steroid dienone is 1. The first kappa shape index (κ1) is 11.2. The second-order valence-electron chi connectivity index (χ2n) is 2.81. The lowest BCUT2D eigenvalue weighted by atomic mass is 10.1. The molecule has 3 heteroatoms. The van der Waals surface area contributed by atoms with Gasteiger partial charge in [-0.15, -0.1) is 0 Å². The fourth-order valence-corrected chi connectivity index (χ4v) is 0.785. The molecule has 0 aliphatic rings. The fourth-order valence-electron chi connectivity index (χ4n) is 0.785. The summed E-state index contributed by atoms with van der Waals surface area (Å²) in [5, 5.41) is 8.92. The molecule has 0 amide bonds. The van der Waals surface area contributed by atoms with E-state index in [9.17, 15) is 4.79 Å². The number of hydrogen-bond acceptors (Lipinski definition) is 3. The van der Waals surface area contributed by atoms with Crippen molar-refractivity contribution in [1.82, 2.24) is 0 Å². The van der Waals surface area contributed by atoms with Crippen molar-refractivity contribution in [2.24, 2.45) is 0 Å². The molecule has 0 aromatic carbocycles. The monoisotopic (exact) mass is 172 g/mol. The highest BCUT2D eigenvalue weighted by atomic mass is 16.5. The van der Waals surface area contributed by atoms with Gasteiger partial charge < -0.3 is 9.84 Å². The lowest BCUT2D eigenvalue weighted by Crippen LogP contribution is -2.02. The van der Waals surface area contributed by atoms with Gasteiger partial charge in [-0.2, -0.15) is 0 Å². The maximum absolute atomic E-state index is 10.8. The molecule has 0 aromatic heterocycles. The zero-order chi connectivity index (χ0) is 9.56. The molecule has 3 nitrogen and oxygen atoms in total. The summed E-state index contributed by atoms with van der Waals surface area (Å²) in [6.07, 6.45) is 2.84. The Morgan fingerprint density at radius 1 is 1.67 bits per heavy atom. The summed E-state index contributed by atoms with van der Waals surface area (Å²) in [5.74, 6) is -0.305. The average molecular weight is 172 g/mol. The van der Waals surface area contributed by atoms with E-state index in [1.807, 2.05) is 0 Å². The molecule has 1 atom stereocenters. The zero-order valence-electron chi connectivity index (χ0n) is 7.83. The van der Waals surface area contributed by atoms with Gasteiger partial charge in [0.25, 0.3) is 0 Å². The van der Waals surface area contributed by atoms with Crippen LogP contribution in [0.5, 0.6) is 0 Å². The Labute approximate surface area is 73.0 Å². The molecule has 0 saturated carbocycles. The Morgan fingerprint density at radius 3 is 2.67 bits per heavy atom. The number of rotatable bonds is 4. The predicted octanol–water partition coefficient (Wildman–Crippen LogP) is 1.27. The smallest absolute Gasteiger partial charge is 0.333 e. The Bertz CT molecular complexity index is 171. The minimum Gasteiger partial charge on any atom is -0.466 e. The summed E-state index contributed by atoms with van der Waals surface area (Å²) < 4.78 is 4.50. The van der Waals surface area contributed by atoms with E-state index in [0.29, 0.717) is 18.4 Å². The molecule has 0 rings (SSSR count). The van der Waals surface area contributed by atoms with Crippen LogP contribution in [0.1, 0.15) is 26.7 Å². The van der Waals surface area contributed by atoms with Crippen molar-refractivity contribution < 1.29 is 14.6 Å². The fraction of sp³-hybridized carbons (Fsp3) is 0.667. The molecule has 0 heterocycles. The third-order valence-electron chi connectivity index (χ3n) is 1.54. The minimum atomic E-state index is -0.313. The van der Waals surface area contributed by atoms with Crippen LogP contribution < -0.4 is 0 Å². The van der Waals surface area contributed by atoms with Crippen molar-refractivity contribution in [3.05, 3.63) is 11.6 Å². The standard InChI is InChI=1S/C9H16O3/c1-7(9(11)12-3)5-4-6-8(2)10/h5,8,10H,4,6H2,1-3H3/b7-5-. The van der Waals surface area contributed by atoms with Gasteiger partial charge in [-0.3, -0.25) is 0 Å². The van der Waals surface area contributed by atoms with Gasteiger partial charge in [-0.05, 0) is 26.7 Å². The van der Waals surface area contributed by atoms with Crippen LogP contribution in [0.25, 0.3) is 0 Å². The number of aliphatic hydroxyl groups excluding tert-OH is 1. The van der Waals surface area contributed by atoms with Gasteiger partial charge in [0.05, 0.1) is 13.2 Å². The normalized spacial score (nSPS) is 14.2. The minimum absolute atomic E-state index is 0.305. The summed E-state index contributed by atoms with van der Waals surface area (Å²) >= 11 is 0. The van der Waals surface area contributed by atoms with Gasteiger partial charge in [0.2, 0.25) is 0 Å². The van der Waals surface area contributed by atoms with Gasteiger partial charge >= 0.3 is 5.97 Å². The van der Waals surface area contributed by atoms with Crippen LogP contribution in [0.15, 0.2) is 11.6 Å². The Kier molecular flexibility index (Phi) is 5.37. The van der Waals surface area contributed by atoms with E-state index < -0.39 is 0 Å². The van der Waals surface area contributed by atoms with E-state index >= 15 is 0 Å². The largest absolute Gasteiger partial charge is 0.466 e. The summed E-state index contributed by atoms with van der Waals surface area (Å²) in [6.45, 7) is 3.43. The van der Waals surface area contributed by atoms with E-state index in [0.717, 1.165) is 0 Å². The average Bonchev–Trinajstić information content (AvgIpc) is 2.02. The van der Waals surface area contributed by atoms with Crippen LogP contribution in [0.3, 0.4) is 0 Å². The van der Waals surface area contributed by atoms with Gasteiger partial charge in [0.15, 0.2) is 0 Å². The first-order valence-electron chi connectivity index (χ1n) is 4.01. The third-order valence-corrected chi connectivity index (χ3v) is 1.54. The molecule has 70 valence electrons. The van der Waals surface area contributed by atoms with Crippen molar-refractivity contribution in [1.29, 1.82) is 0 Å². The highest BCUT2D eigenvalue weighted by Gasteiger charge is 2.01. The third kappa shape index (κ3) is 4.91. The predicted molar refractivity (Wildman–Crippen MR) is 46.7 cm³/mol. The van der Waals surface area contributed by atoms with Crippen LogP contribution >= 0.6 is 0 Å². The number of carbonyl (C=O) groups is 1. The first-order valence-corrected chi connectivity index (χ1v) is 4.01. The Balaban J connectivity index is 3.76. The molecule has 0 aromatic rings. The second kappa shape index (κ2) is 5.77. The number of methoxy groups -OCH3 is 1. The van der Waals surface area contributed by atoms with Crippen molar-refractivity contribution in [3.63, 3.8) is 0 Å². The molecule has 0 radical (unpaired) electrons. The molecule has 0 aliphatic heterocycles. The van der Waals surface area contributed by atoms with Crippen molar-refractivity contribution in [2.75, 3.05) is 7.11 Å². The van der Waals surface area contributed by atoms with Crippen LogP contribution in [0.4, 0.5) is 0 Å². The number of hydrogen-bond donors (Lipinski definition) is 1. The molecule has 0 bridgehead atoms. The van der Waals surface area contributed by atoms with Crippen LogP contribution in [-0.2, 0) is 9.53 Å². The summed E-state index contributed by atoms with van der Waals surface area (Å²) in [7, 11) is 1.36. The lowest BCUT2D eigenvalue weighted by molar-refractivity contribution is -0.136. The van der Waals surface area contributed by atoms with Crippen LogP contribution in [0.2, 0.25) is 0 Å². The molecule has 12 heavy (non-hydrogen) atoms. The molecule has 1 N–H and O–H groups in total. The van der Waals surface area contributed by atoms with E-state index in [-0.39, 0.29) is 12.1 Å². The molecule has 0 fully saturated rings. The molecule has 1 unspecified atom stereocenters. The highest BCUT2D eigenvalue weighted by Crippen LogP contribution is 2.02. The molecule has 0 spiro atoms. The number of esters is 1. The number of ether oxygens (including phenoxy) is 1. The lowest BCUT2D eigenvalue weighted by Gasteiger charge is -2.01. The quantitative estimate of drug-likeness (QED) is 0.513. The summed E-state index contributed by atoms with van der Waals surface area (Å²) in [6, 6.07) is 0. The molecule has 0 aliphatic carbocycles. The maximum atomic E-state index is 10.8. The number of carbonyl (C=O) groups excluding carboxylic acids is 1. The summed E-state index contributed by atoms with van der Waals surface area (Å²) in [4.78, 5) is 10.8. The highest BCUT2D eigenvalue weighted by molar-refractivity contribution is 5.87. The zero-order valence-corrected chi connectivity index (χ0v) is 7.83. The topological polar surface area (TPSA) is 46.5 Å². The van der Waals surface area contributed by atoms with Gasteiger partial charge in [-0.1, -0.05) is 6.08 Å². The van der Waals surface area contributed by atoms with Crippen LogP contribution in [0, 0.1) is 0 Å². The first-order chi connectivity index (χ1) is 5.57. The van der Waals surface area contributed by atoms with E-state index in [4.69, 9.17) is 5.11 Å². The SMILES string of the molecule is COC(=O)/C(C)=C\CCC(C)O.